The maximum atomic E-state index is 8.63. The van der Waals surface area contributed by atoms with Crippen LogP contribution in [0.2, 0.25) is 0 Å². The predicted molar refractivity (Wildman–Crippen MR) is 66.7 cm³/mol. The van der Waals surface area contributed by atoms with E-state index in [9.17, 15) is 0 Å². The molecule has 0 aliphatic heterocycles. The molecule has 1 rings (SSSR count). The Morgan fingerprint density at radius 3 is 2.28 bits per heavy atom. The van der Waals surface area contributed by atoms with Crippen LogP contribution in [0.5, 0.6) is 0 Å². The highest BCUT2D eigenvalue weighted by molar-refractivity contribution is 7.79. The summed E-state index contributed by atoms with van der Waals surface area (Å²) in [6, 6.07) is 0. The summed E-state index contributed by atoms with van der Waals surface area (Å²) in [5, 5.41) is 0. The average molecular weight is 278 g/mol. The van der Waals surface area contributed by atoms with E-state index in [-0.39, 0.29) is 0 Å². The monoisotopic (exact) mass is 278 g/mol. The van der Waals surface area contributed by atoms with Crippen molar-refractivity contribution in [2.24, 2.45) is 7.05 Å². The van der Waals surface area contributed by atoms with Gasteiger partial charge in [0.25, 0.3) is 0 Å². The van der Waals surface area contributed by atoms with Crippen molar-refractivity contribution < 1.29 is 22.1 Å². The number of hydrogen-bond donors (Lipinski definition) is 1. The molecule has 1 aromatic heterocycles. The van der Waals surface area contributed by atoms with E-state index in [1.165, 1.54) is 38.6 Å². The molecule has 0 fully saturated rings. The number of aryl methyl sites for hydroxylation is 2. The van der Waals surface area contributed by atoms with Gasteiger partial charge in [-0.2, -0.15) is 0 Å². The number of unbranched alkanes of at least 4 members (excludes halogenated alkanes) is 4. The van der Waals surface area contributed by atoms with Crippen molar-refractivity contribution in [3.63, 3.8) is 0 Å². The van der Waals surface area contributed by atoms with E-state index in [2.05, 4.69) is 41.8 Å². The predicted octanol–water partition coefficient (Wildman–Crippen LogP) is 1.29. The Bertz CT molecular complexity index is 406. The smallest absolute Gasteiger partial charge is 0.243 e. The van der Waals surface area contributed by atoms with Gasteiger partial charge in [-0.1, -0.05) is 26.2 Å². The van der Waals surface area contributed by atoms with Crippen molar-refractivity contribution in [2.75, 3.05) is 0 Å². The fourth-order valence-corrected chi connectivity index (χ4v) is 1.53. The first-order chi connectivity index (χ1) is 8.33. The molecule has 0 atom stereocenters. The largest absolute Gasteiger partial charge is 0.726 e. The highest BCUT2D eigenvalue weighted by Gasteiger charge is 1.98. The van der Waals surface area contributed by atoms with Crippen LogP contribution in [0, 0.1) is 0 Å². The summed E-state index contributed by atoms with van der Waals surface area (Å²) in [6.45, 7) is 3.43. The molecule has 0 unspecified atom stereocenters. The minimum absolute atomic E-state index is 1.17. The third-order valence-electron chi connectivity index (χ3n) is 2.34. The van der Waals surface area contributed by atoms with Crippen LogP contribution in [0.4, 0.5) is 0 Å². The van der Waals surface area contributed by atoms with Crippen molar-refractivity contribution >= 4 is 10.4 Å². The molecule has 0 bridgehead atoms. The summed E-state index contributed by atoms with van der Waals surface area (Å²) in [5.41, 5.74) is 0. The molecule has 7 heteroatoms. The van der Waals surface area contributed by atoms with Gasteiger partial charge in [-0.15, -0.1) is 0 Å². The Labute approximate surface area is 109 Å². The molecular weight excluding hydrogens is 256 g/mol. The van der Waals surface area contributed by atoms with E-state index in [1.807, 2.05) is 0 Å². The second-order valence-corrected chi connectivity index (χ2v) is 5.01. The van der Waals surface area contributed by atoms with Crippen LogP contribution in [0.15, 0.2) is 18.7 Å². The van der Waals surface area contributed by atoms with Crippen LogP contribution in [0.25, 0.3) is 0 Å². The molecule has 0 aliphatic rings. The zero-order valence-electron chi connectivity index (χ0n) is 10.9. The Morgan fingerprint density at radius 1 is 1.28 bits per heavy atom. The molecule has 106 valence electrons. The molecule has 1 aromatic rings. The minimum atomic E-state index is -4.92. The van der Waals surface area contributed by atoms with E-state index in [0.717, 1.165) is 0 Å². The SMILES string of the molecule is CCCCCCCn1cc[n+](C)c1.O=S(=O)([O-])O. The van der Waals surface area contributed by atoms with Gasteiger partial charge in [0.1, 0.15) is 12.4 Å². The van der Waals surface area contributed by atoms with Crippen LogP contribution < -0.4 is 4.57 Å². The van der Waals surface area contributed by atoms with E-state index in [1.54, 1.807) is 0 Å². The van der Waals surface area contributed by atoms with Crippen LogP contribution in [-0.2, 0) is 24.0 Å². The normalized spacial score (nSPS) is 10.9. The lowest BCUT2D eigenvalue weighted by Gasteiger charge is -1.97. The lowest BCUT2D eigenvalue weighted by Crippen LogP contribution is -2.23. The van der Waals surface area contributed by atoms with E-state index in [4.69, 9.17) is 17.5 Å². The summed E-state index contributed by atoms with van der Waals surface area (Å²) < 4.78 is 37.2. The summed E-state index contributed by atoms with van der Waals surface area (Å²) >= 11 is 0. The van der Waals surface area contributed by atoms with E-state index < -0.39 is 10.4 Å². The zero-order chi connectivity index (χ0) is 14.0. The first-order valence-corrected chi connectivity index (χ1v) is 7.38. The Morgan fingerprint density at radius 2 is 1.83 bits per heavy atom. The van der Waals surface area contributed by atoms with Crippen LogP contribution in [0.1, 0.15) is 39.0 Å². The van der Waals surface area contributed by atoms with Gasteiger partial charge in [0, 0.05) is 0 Å². The molecule has 6 nitrogen and oxygen atoms in total. The molecule has 0 aromatic carbocycles. The minimum Gasteiger partial charge on any atom is -0.726 e. The van der Waals surface area contributed by atoms with Crippen molar-refractivity contribution in [2.45, 2.75) is 45.6 Å². The molecule has 18 heavy (non-hydrogen) atoms. The highest BCUT2D eigenvalue weighted by atomic mass is 32.3. The maximum Gasteiger partial charge on any atom is 0.243 e. The highest BCUT2D eigenvalue weighted by Crippen LogP contribution is 2.03. The van der Waals surface area contributed by atoms with Gasteiger partial charge in [-0.3, -0.25) is 4.55 Å². The molecule has 0 spiro atoms. The third-order valence-corrected chi connectivity index (χ3v) is 2.34. The van der Waals surface area contributed by atoms with Gasteiger partial charge in [-0.25, -0.2) is 17.6 Å². The summed E-state index contributed by atoms with van der Waals surface area (Å²) in [4.78, 5) is 0. The van der Waals surface area contributed by atoms with Gasteiger partial charge in [0.05, 0.1) is 13.6 Å². The molecule has 0 saturated heterocycles. The lowest BCUT2D eigenvalue weighted by atomic mass is 10.1. The maximum absolute atomic E-state index is 8.63. The molecule has 0 radical (unpaired) electrons. The van der Waals surface area contributed by atoms with Gasteiger partial charge in [0.2, 0.25) is 16.7 Å². The molecule has 1 heterocycles. The number of rotatable bonds is 6. The third kappa shape index (κ3) is 13.1. The second-order valence-electron chi connectivity index (χ2n) is 4.16. The van der Waals surface area contributed by atoms with Crippen molar-refractivity contribution in [1.29, 1.82) is 0 Å². The topological polar surface area (TPSA) is 86.2 Å². The van der Waals surface area contributed by atoms with Gasteiger partial charge in [-0.05, 0) is 12.8 Å². The van der Waals surface area contributed by atoms with E-state index in [0.29, 0.717) is 0 Å². The Balaban J connectivity index is 0.000000494. The quantitative estimate of drug-likeness (QED) is 0.367. The van der Waals surface area contributed by atoms with Crippen LogP contribution in [0.3, 0.4) is 0 Å². The van der Waals surface area contributed by atoms with E-state index >= 15 is 0 Å². The fraction of sp³-hybridized carbons (Fsp3) is 0.727. The van der Waals surface area contributed by atoms with Gasteiger partial charge < -0.3 is 4.55 Å². The zero-order valence-corrected chi connectivity index (χ0v) is 11.8. The fourth-order valence-electron chi connectivity index (χ4n) is 1.53. The van der Waals surface area contributed by atoms with Crippen LogP contribution >= 0.6 is 0 Å². The average Bonchev–Trinajstić information content (AvgIpc) is 2.61. The molecule has 0 saturated carbocycles. The van der Waals surface area contributed by atoms with Gasteiger partial charge in [0.15, 0.2) is 0 Å². The first kappa shape index (κ1) is 17.1. The Kier molecular flexibility index (Phi) is 8.61. The molecule has 0 amide bonds. The summed E-state index contributed by atoms with van der Waals surface area (Å²) in [6.07, 6.45) is 13.2. The molecular formula is C11H22N2O4S. The second kappa shape index (κ2) is 9.07. The van der Waals surface area contributed by atoms with Gasteiger partial charge >= 0.3 is 0 Å². The molecule has 1 N–H and O–H groups in total. The Hall–Kier alpha value is -0.920. The van der Waals surface area contributed by atoms with Crippen molar-refractivity contribution in [3.05, 3.63) is 18.7 Å². The summed E-state index contributed by atoms with van der Waals surface area (Å²) in [7, 11) is -2.85. The number of aromatic nitrogens is 2. The number of nitrogens with zero attached hydrogens (tertiary/aromatic N) is 2. The van der Waals surface area contributed by atoms with Crippen molar-refractivity contribution in [1.82, 2.24) is 4.57 Å². The first-order valence-electron chi connectivity index (χ1n) is 6.02. The van der Waals surface area contributed by atoms with Crippen molar-refractivity contribution in [3.8, 4) is 0 Å². The molecule has 0 aliphatic carbocycles. The number of hydrogen-bond acceptors (Lipinski definition) is 3. The number of imidazole rings is 1. The van der Waals surface area contributed by atoms with Crippen LogP contribution in [-0.4, -0.2) is 22.1 Å². The lowest BCUT2D eigenvalue weighted by molar-refractivity contribution is -0.671. The summed E-state index contributed by atoms with van der Waals surface area (Å²) in [5.74, 6) is 0. The standard InChI is InChI=1S/C11H21N2.H2O4S/c1-3-4-5-6-7-8-13-10-9-12(2)11-13;1-5(2,3)4/h9-11H,3-8H2,1-2H3;(H2,1,2,3,4)/q+1;/p-1.